The number of anilines is 1. The number of nitrogens with one attached hydrogen (secondary N) is 1. The molecule has 0 bridgehead atoms. The third-order valence-corrected chi connectivity index (χ3v) is 10.1. The van der Waals surface area contributed by atoms with Crippen molar-refractivity contribution in [3.63, 3.8) is 0 Å². The summed E-state index contributed by atoms with van der Waals surface area (Å²) in [5, 5.41) is 3.54. The number of amides is 2. The Kier molecular flexibility index (Phi) is 12.4. The van der Waals surface area contributed by atoms with Gasteiger partial charge < -0.3 is 19.7 Å². The molecule has 0 radical (unpaired) electrons. The molecule has 0 aromatic heterocycles. The molecule has 4 aromatic carbocycles. The van der Waals surface area contributed by atoms with E-state index in [1.165, 1.54) is 37.3 Å². The minimum Gasteiger partial charge on any atom is -0.497 e. The normalized spacial score (nSPS) is 11.9. The van der Waals surface area contributed by atoms with E-state index in [0.29, 0.717) is 16.3 Å². The van der Waals surface area contributed by atoms with Crippen molar-refractivity contribution in [3.05, 3.63) is 118 Å². The summed E-state index contributed by atoms with van der Waals surface area (Å²) in [5.74, 6) is -0.474. The minimum absolute atomic E-state index is 0.0276. The van der Waals surface area contributed by atoms with Crippen molar-refractivity contribution in [2.45, 2.75) is 50.7 Å². The number of nitrogens with zero attached hydrogens (tertiary/aromatic N) is 2. The van der Waals surface area contributed by atoms with Gasteiger partial charge >= 0.3 is 0 Å². The molecule has 254 valence electrons. The number of carbonyl (C=O) groups excluding carboxylic acids is 2. The molecule has 12 heteroatoms. The predicted octanol–water partition coefficient (Wildman–Crippen LogP) is 6.68. The highest BCUT2D eigenvalue weighted by Crippen LogP contribution is 2.36. The van der Waals surface area contributed by atoms with Gasteiger partial charge in [-0.15, -0.1) is 0 Å². The van der Waals surface area contributed by atoms with Gasteiger partial charge in [-0.2, -0.15) is 0 Å². The van der Waals surface area contributed by atoms with Crippen LogP contribution in [0.4, 0.5) is 5.69 Å². The average Bonchev–Trinajstić information content (AvgIpc) is 3.06. The summed E-state index contributed by atoms with van der Waals surface area (Å²) in [7, 11) is -1.49. The van der Waals surface area contributed by atoms with Crippen molar-refractivity contribution in [1.29, 1.82) is 0 Å². The van der Waals surface area contributed by atoms with E-state index in [-0.39, 0.29) is 40.4 Å². The molecule has 0 saturated heterocycles. The number of hydrogen-bond acceptors (Lipinski definition) is 6. The molecule has 2 amide bonds. The molecule has 9 nitrogen and oxygen atoms in total. The molecule has 4 rings (SSSR count). The maximum absolute atomic E-state index is 14.7. The largest absolute Gasteiger partial charge is 0.497 e. The summed E-state index contributed by atoms with van der Waals surface area (Å²) in [6.45, 7) is 4.77. The van der Waals surface area contributed by atoms with Gasteiger partial charge in [-0.3, -0.25) is 13.9 Å². The number of hydrogen-bond donors (Lipinski definition) is 1. The first-order valence-corrected chi connectivity index (χ1v) is 17.4. The first-order valence-electron chi connectivity index (χ1n) is 15.2. The summed E-state index contributed by atoms with van der Waals surface area (Å²) in [6.07, 6.45) is 0.166. The standard InChI is InChI=1S/C36H39Cl2N3O6S/c1-24(2)39-36(43)33(20-26-9-7-6-8-10-26)40(22-27-13-17-30(37)31(38)19-27)35(42)23-41(32-21-28(46-4)14-18-34(32)47-5)48(44,45)29-15-11-25(3)12-16-29/h6-19,21,24,33H,20,22-23H2,1-5H3,(H,39,43)/t33-/m0/s1. The number of methoxy groups -OCH3 is 2. The zero-order valence-electron chi connectivity index (χ0n) is 27.4. The first-order chi connectivity index (χ1) is 22.8. The van der Waals surface area contributed by atoms with Crippen molar-refractivity contribution in [2.75, 3.05) is 25.1 Å². The van der Waals surface area contributed by atoms with E-state index in [4.69, 9.17) is 32.7 Å². The van der Waals surface area contributed by atoms with E-state index >= 15 is 0 Å². The van der Waals surface area contributed by atoms with E-state index in [0.717, 1.165) is 15.4 Å². The molecule has 0 fully saturated rings. The lowest BCUT2D eigenvalue weighted by Crippen LogP contribution is -2.54. The number of aryl methyl sites for hydroxylation is 1. The van der Waals surface area contributed by atoms with Crippen LogP contribution in [0.15, 0.2) is 95.9 Å². The maximum Gasteiger partial charge on any atom is 0.264 e. The summed E-state index contributed by atoms with van der Waals surface area (Å²) in [4.78, 5) is 29.9. The van der Waals surface area contributed by atoms with Gasteiger partial charge in [-0.05, 0) is 68.3 Å². The number of carbonyl (C=O) groups is 2. The molecule has 0 aliphatic heterocycles. The second-order valence-electron chi connectivity index (χ2n) is 11.5. The Hall–Kier alpha value is -4.25. The van der Waals surface area contributed by atoms with Crippen molar-refractivity contribution < 1.29 is 27.5 Å². The van der Waals surface area contributed by atoms with Gasteiger partial charge in [0.05, 0.1) is 34.8 Å². The number of ether oxygens (including phenoxy) is 2. The summed E-state index contributed by atoms with van der Waals surface area (Å²) < 4.78 is 40.8. The second-order valence-corrected chi connectivity index (χ2v) is 14.2. The quantitative estimate of drug-likeness (QED) is 0.157. The van der Waals surface area contributed by atoms with Gasteiger partial charge in [-0.1, -0.05) is 77.3 Å². The van der Waals surface area contributed by atoms with Crippen LogP contribution >= 0.6 is 23.2 Å². The molecule has 4 aromatic rings. The van der Waals surface area contributed by atoms with Crippen LogP contribution in [0.25, 0.3) is 0 Å². The lowest BCUT2D eigenvalue weighted by molar-refractivity contribution is -0.140. The third-order valence-electron chi connectivity index (χ3n) is 7.58. The Morgan fingerprint density at radius 1 is 0.833 bits per heavy atom. The van der Waals surface area contributed by atoms with Gasteiger partial charge in [0.1, 0.15) is 24.1 Å². The third kappa shape index (κ3) is 9.00. The van der Waals surface area contributed by atoms with Crippen LogP contribution < -0.4 is 19.1 Å². The van der Waals surface area contributed by atoms with Crippen molar-refractivity contribution >= 4 is 50.7 Å². The van der Waals surface area contributed by atoms with Crippen LogP contribution in [0.5, 0.6) is 11.5 Å². The van der Waals surface area contributed by atoms with Gasteiger partial charge in [-0.25, -0.2) is 8.42 Å². The van der Waals surface area contributed by atoms with Crippen molar-refractivity contribution in [2.24, 2.45) is 0 Å². The molecule has 0 aliphatic rings. The lowest BCUT2D eigenvalue weighted by atomic mass is 10.0. The number of rotatable bonds is 14. The smallest absolute Gasteiger partial charge is 0.264 e. The Morgan fingerprint density at radius 3 is 2.12 bits per heavy atom. The highest BCUT2D eigenvalue weighted by atomic mass is 35.5. The molecule has 48 heavy (non-hydrogen) atoms. The number of halogens is 2. The molecule has 1 N–H and O–H groups in total. The van der Waals surface area contributed by atoms with E-state index in [1.54, 1.807) is 42.5 Å². The van der Waals surface area contributed by atoms with Gasteiger partial charge in [0.25, 0.3) is 10.0 Å². The van der Waals surface area contributed by atoms with Crippen LogP contribution in [0.3, 0.4) is 0 Å². The topological polar surface area (TPSA) is 105 Å². The Morgan fingerprint density at radius 2 is 1.52 bits per heavy atom. The fourth-order valence-corrected chi connectivity index (χ4v) is 6.85. The molecule has 0 heterocycles. The van der Waals surface area contributed by atoms with Crippen LogP contribution in [0, 0.1) is 6.92 Å². The predicted molar refractivity (Wildman–Crippen MR) is 189 cm³/mol. The fraction of sp³-hybridized carbons (Fsp3) is 0.278. The summed E-state index contributed by atoms with van der Waals surface area (Å²) in [6, 6.07) is 24.0. The van der Waals surface area contributed by atoms with Gasteiger partial charge in [0, 0.05) is 25.1 Å². The van der Waals surface area contributed by atoms with E-state index in [1.807, 2.05) is 51.1 Å². The summed E-state index contributed by atoms with van der Waals surface area (Å²) >= 11 is 12.5. The monoisotopic (exact) mass is 711 g/mol. The second kappa shape index (κ2) is 16.2. The molecule has 1 atom stereocenters. The maximum atomic E-state index is 14.7. The molecule has 0 spiro atoms. The zero-order chi connectivity index (χ0) is 35.0. The number of sulfonamides is 1. The van der Waals surface area contributed by atoms with E-state index in [2.05, 4.69) is 5.32 Å². The lowest BCUT2D eigenvalue weighted by Gasteiger charge is -2.34. The zero-order valence-corrected chi connectivity index (χ0v) is 29.8. The SMILES string of the molecule is COc1ccc(OC)c(N(CC(=O)N(Cc2ccc(Cl)c(Cl)c2)[C@@H](Cc2ccccc2)C(=O)NC(C)C)S(=O)(=O)c2ccc(C)cc2)c1. The molecular formula is C36H39Cl2N3O6S. The number of benzene rings is 4. The van der Waals surface area contributed by atoms with Gasteiger partial charge in [0.2, 0.25) is 11.8 Å². The first kappa shape index (κ1) is 36.6. The highest BCUT2D eigenvalue weighted by molar-refractivity contribution is 7.92. The molecule has 0 unspecified atom stereocenters. The van der Waals surface area contributed by atoms with Gasteiger partial charge in [0.15, 0.2) is 0 Å². The van der Waals surface area contributed by atoms with Crippen LogP contribution in [-0.2, 0) is 32.6 Å². The van der Waals surface area contributed by atoms with Crippen LogP contribution in [-0.4, -0.2) is 58.0 Å². The van der Waals surface area contributed by atoms with Crippen LogP contribution in [0.2, 0.25) is 10.0 Å². The Bertz CT molecular complexity index is 1840. The Labute approximate surface area is 292 Å². The van der Waals surface area contributed by atoms with Crippen LogP contribution in [0.1, 0.15) is 30.5 Å². The average molecular weight is 713 g/mol. The molecular weight excluding hydrogens is 673 g/mol. The Balaban J connectivity index is 1.88. The van der Waals surface area contributed by atoms with Crippen molar-refractivity contribution in [1.82, 2.24) is 10.2 Å². The van der Waals surface area contributed by atoms with E-state index < -0.39 is 34.4 Å². The molecule has 0 aliphatic carbocycles. The highest BCUT2D eigenvalue weighted by Gasteiger charge is 2.36. The van der Waals surface area contributed by atoms with Crippen molar-refractivity contribution in [3.8, 4) is 11.5 Å². The minimum atomic E-state index is -4.35. The summed E-state index contributed by atoms with van der Waals surface area (Å²) in [5.41, 5.74) is 2.36. The fourth-order valence-electron chi connectivity index (χ4n) is 5.11. The molecule has 0 saturated carbocycles. The van der Waals surface area contributed by atoms with E-state index in [9.17, 15) is 18.0 Å².